The van der Waals surface area contributed by atoms with Crippen LogP contribution in [0.25, 0.3) is 0 Å². The van der Waals surface area contributed by atoms with Gasteiger partial charge in [0.25, 0.3) is 0 Å². The summed E-state index contributed by atoms with van der Waals surface area (Å²) in [6.07, 6.45) is 8.03. The van der Waals surface area contributed by atoms with E-state index in [1.165, 1.54) is 19.3 Å². The van der Waals surface area contributed by atoms with E-state index in [1.807, 2.05) is 32.9 Å². The Labute approximate surface area is 162 Å². The first-order valence-electron chi connectivity index (χ1n) is 9.73. The Kier molecular flexibility index (Phi) is 7.88. The normalized spacial score (nSPS) is 15.9. The van der Waals surface area contributed by atoms with Gasteiger partial charge in [-0.05, 0) is 58.1 Å². The molecular weight excluding hydrogens is 342 g/mol. The molecule has 0 atom stereocenters. The lowest BCUT2D eigenvalue weighted by atomic mass is 9.98. The van der Waals surface area contributed by atoms with E-state index in [2.05, 4.69) is 25.9 Å². The van der Waals surface area contributed by atoms with E-state index in [0.717, 1.165) is 18.4 Å². The summed E-state index contributed by atoms with van der Waals surface area (Å²) in [6, 6.07) is 3.90. The summed E-state index contributed by atoms with van der Waals surface area (Å²) in [5, 5.41) is 9.14. The number of rotatable bonds is 6. The third kappa shape index (κ3) is 8.28. The minimum absolute atomic E-state index is 0.0717. The smallest absolute Gasteiger partial charge is 0.239 e. The molecule has 3 N–H and O–H groups in total. The van der Waals surface area contributed by atoms with Crippen LogP contribution in [0.3, 0.4) is 0 Å². The van der Waals surface area contributed by atoms with Crippen LogP contribution in [0, 0.1) is 0 Å². The molecule has 1 aromatic heterocycles. The molecule has 1 saturated carbocycles. The van der Waals surface area contributed by atoms with Gasteiger partial charge < -0.3 is 20.7 Å². The Morgan fingerprint density at radius 2 is 2.00 bits per heavy atom. The molecule has 7 nitrogen and oxygen atoms in total. The van der Waals surface area contributed by atoms with Crippen LogP contribution < -0.4 is 20.7 Å². The lowest BCUT2D eigenvalue weighted by Crippen LogP contribution is -2.48. The molecule has 27 heavy (non-hydrogen) atoms. The highest BCUT2D eigenvalue weighted by Gasteiger charge is 2.16. The number of hydrogen-bond donors (Lipinski definition) is 3. The van der Waals surface area contributed by atoms with Crippen molar-refractivity contribution in [3.05, 3.63) is 23.9 Å². The molecule has 7 heteroatoms. The Bertz CT molecular complexity index is 634. The number of ether oxygens (including phenoxy) is 1. The highest BCUT2D eigenvalue weighted by atomic mass is 16.5. The van der Waals surface area contributed by atoms with Crippen LogP contribution in [0.4, 0.5) is 0 Å². The van der Waals surface area contributed by atoms with Gasteiger partial charge in [-0.3, -0.25) is 9.79 Å². The third-order valence-corrected chi connectivity index (χ3v) is 4.25. The van der Waals surface area contributed by atoms with Crippen molar-refractivity contribution in [3.63, 3.8) is 0 Å². The average molecular weight is 376 g/mol. The van der Waals surface area contributed by atoms with Crippen molar-refractivity contribution in [2.75, 3.05) is 13.6 Å². The van der Waals surface area contributed by atoms with Crippen molar-refractivity contribution >= 4 is 11.9 Å². The standard InChI is InChI=1S/C20H33N5O2/c1-20(2,3)25-17(26)14-24-19(21-4)23-13-15-10-11-22-18(12-15)27-16-8-6-5-7-9-16/h10-12,16H,5-9,13-14H2,1-4H3,(H,25,26)(H2,21,23,24). The van der Waals surface area contributed by atoms with E-state index in [4.69, 9.17) is 4.74 Å². The second-order valence-electron chi connectivity index (χ2n) is 7.96. The molecule has 0 radical (unpaired) electrons. The van der Waals surface area contributed by atoms with Gasteiger partial charge in [0.1, 0.15) is 6.10 Å². The third-order valence-electron chi connectivity index (χ3n) is 4.25. The van der Waals surface area contributed by atoms with Gasteiger partial charge in [-0.15, -0.1) is 0 Å². The highest BCUT2D eigenvalue weighted by molar-refractivity contribution is 5.86. The molecule has 2 rings (SSSR count). The largest absolute Gasteiger partial charge is 0.474 e. The molecule has 1 aliphatic rings. The SMILES string of the molecule is CN=C(NCC(=O)NC(C)(C)C)NCc1ccnc(OC2CCCCC2)c1. The summed E-state index contributed by atoms with van der Waals surface area (Å²) in [5.41, 5.74) is 0.805. The Morgan fingerprint density at radius 1 is 1.26 bits per heavy atom. The quantitative estimate of drug-likeness (QED) is 0.525. The van der Waals surface area contributed by atoms with Crippen molar-refractivity contribution in [3.8, 4) is 5.88 Å². The first-order chi connectivity index (χ1) is 12.9. The lowest BCUT2D eigenvalue weighted by Gasteiger charge is -2.22. The maximum Gasteiger partial charge on any atom is 0.239 e. The predicted molar refractivity (Wildman–Crippen MR) is 108 cm³/mol. The van der Waals surface area contributed by atoms with Gasteiger partial charge in [0.15, 0.2) is 5.96 Å². The van der Waals surface area contributed by atoms with Gasteiger partial charge in [-0.2, -0.15) is 0 Å². The Morgan fingerprint density at radius 3 is 2.67 bits per heavy atom. The molecule has 0 aromatic carbocycles. The van der Waals surface area contributed by atoms with Gasteiger partial charge in [0.05, 0.1) is 6.54 Å². The van der Waals surface area contributed by atoms with Crippen LogP contribution in [-0.2, 0) is 11.3 Å². The lowest BCUT2D eigenvalue weighted by molar-refractivity contribution is -0.121. The van der Waals surface area contributed by atoms with E-state index >= 15 is 0 Å². The second-order valence-corrected chi connectivity index (χ2v) is 7.96. The number of carbonyl (C=O) groups excluding carboxylic acids is 1. The highest BCUT2D eigenvalue weighted by Crippen LogP contribution is 2.22. The van der Waals surface area contributed by atoms with Crippen LogP contribution >= 0.6 is 0 Å². The van der Waals surface area contributed by atoms with E-state index in [0.29, 0.717) is 18.4 Å². The van der Waals surface area contributed by atoms with Gasteiger partial charge in [0, 0.05) is 31.4 Å². The second kappa shape index (κ2) is 10.1. The van der Waals surface area contributed by atoms with Crippen molar-refractivity contribution in [1.29, 1.82) is 0 Å². The van der Waals surface area contributed by atoms with Crippen LogP contribution in [0.2, 0.25) is 0 Å². The number of guanidine groups is 1. The van der Waals surface area contributed by atoms with Crippen LogP contribution in [0.15, 0.2) is 23.3 Å². The van der Waals surface area contributed by atoms with Gasteiger partial charge in [-0.25, -0.2) is 4.98 Å². The zero-order valence-corrected chi connectivity index (χ0v) is 17.0. The molecule has 150 valence electrons. The molecule has 1 amide bonds. The molecule has 1 heterocycles. The molecule has 0 bridgehead atoms. The maximum atomic E-state index is 11.9. The number of aliphatic imine (C=N–C) groups is 1. The summed E-state index contributed by atoms with van der Waals surface area (Å²) < 4.78 is 6.02. The number of aromatic nitrogens is 1. The van der Waals surface area contributed by atoms with E-state index < -0.39 is 0 Å². The number of pyridine rings is 1. The van der Waals surface area contributed by atoms with Gasteiger partial charge in [0.2, 0.25) is 11.8 Å². The molecular formula is C20H33N5O2. The molecule has 0 unspecified atom stereocenters. The van der Waals surface area contributed by atoms with Crippen molar-refractivity contribution < 1.29 is 9.53 Å². The number of carbonyl (C=O) groups is 1. The molecule has 0 aliphatic heterocycles. The van der Waals surface area contributed by atoms with Crippen molar-refractivity contribution in [2.45, 2.75) is 71.1 Å². The summed E-state index contributed by atoms with van der Waals surface area (Å²) >= 11 is 0. The summed E-state index contributed by atoms with van der Waals surface area (Å²) in [5.74, 6) is 1.18. The minimum atomic E-state index is -0.249. The van der Waals surface area contributed by atoms with Crippen molar-refractivity contribution in [1.82, 2.24) is 20.9 Å². The fourth-order valence-electron chi connectivity index (χ4n) is 3.01. The molecule has 1 aromatic rings. The Hall–Kier alpha value is -2.31. The minimum Gasteiger partial charge on any atom is -0.474 e. The number of nitrogens with one attached hydrogen (secondary N) is 3. The van der Waals surface area contributed by atoms with E-state index in [1.54, 1.807) is 13.2 Å². The number of amides is 1. The fraction of sp³-hybridized carbons (Fsp3) is 0.650. The van der Waals surface area contributed by atoms with Crippen LogP contribution in [0.1, 0.15) is 58.4 Å². The average Bonchev–Trinajstić information content (AvgIpc) is 2.61. The molecule has 1 aliphatic carbocycles. The van der Waals surface area contributed by atoms with E-state index in [-0.39, 0.29) is 24.1 Å². The number of hydrogen-bond acceptors (Lipinski definition) is 4. The molecule has 0 spiro atoms. The summed E-state index contributed by atoms with van der Waals surface area (Å²) in [6.45, 7) is 6.60. The van der Waals surface area contributed by atoms with Crippen LogP contribution in [-0.4, -0.2) is 42.1 Å². The Balaban J connectivity index is 1.80. The van der Waals surface area contributed by atoms with Crippen LogP contribution in [0.5, 0.6) is 5.88 Å². The summed E-state index contributed by atoms with van der Waals surface area (Å²) in [7, 11) is 1.68. The topological polar surface area (TPSA) is 87.6 Å². The summed E-state index contributed by atoms with van der Waals surface area (Å²) in [4.78, 5) is 20.4. The zero-order chi connectivity index (χ0) is 19.7. The fourth-order valence-corrected chi connectivity index (χ4v) is 3.01. The number of nitrogens with zero attached hydrogens (tertiary/aromatic N) is 2. The zero-order valence-electron chi connectivity index (χ0n) is 17.0. The monoisotopic (exact) mass is 375 g/mol. The molecule has 1 fully saturated rings. The first-order valence-corrected chi connectivity index (χ1v) is 9.73. The maximum absolute atomic E-state index is 11.9. The van der Waals surface area contributed by atoms with Gasteiger partial charge >= 0.3 is 0 Å². The van der Waals surface area contributed by atoms with Gasteiger partial charge in [-0.1, -0.05) is 6.42 Å². The first kappa shape index (κ1) is 21.0. The molecule has 0 saturated heterocycles. The predicted octanol–water partition coefficient (Wildman–Crippen LogP) is 2.37. The van der Waals surface area contributed by atoms with Crippen molar-refractivity contribution in [2.24, 2.45) is 4.99 Å². The van der Waals surface area contributed by atoms with E-state index in [9.17, 15) is 4.79 Å².